The summed E-state index contributed by atoms with van der Waals surface area (Å²) in [5.74, 6) is 1.49. The number of aromatic nitrogens is 1. The van der Waals surface area contributed by atoms with Gasteiger partial charge >= 0.3 is 0 Å². The van der Waals surface area contributed by atoms with E-state index >= 15 is 0 Å². The minimum absolute atomic E-state index is 0.0847. The second kappa shape index (κ2) is 5.08. The van der Waals surface area contributed by atoms with Gasteiger partial charge in [-0.15, -0.1) is 0 Å². The monoisotopic (exact) mass is 259 g/mol. The van der Waals surface area contributed by atoms with Crippen LogP contribution in [0.4, 0.5) is 0 Å². The summed E-state index contributed by atoms with van der Waals surface area (Å²) < 4.78 is 10.7. The van der Waals surface area contributed by atoms with Crippen LogP contribution in [0.3, 0.4) is 0 Å². The Kier molecular flexibility index (Phi) is 3.65. The number of hydrogen-bond acceptors (Lipinski definition) is 3. The molecule has 0 N–H and O–H groups in total. The SMILES string of the molecule is CCC(C)(C)c1cc2cc(OC)c(OC)cc2cn1. The molecule has 0 saturated heterocycles. The van der Waals surface area contributed by atoms with Crippen molar-refractivity contribution in [1.29, 1.82) is 0 Å². The molecule has 0 radical (unpaired) electrons. The van der Waals surface area contributed by atoms with Gasteiger partial charge in [-0.25, -0.2) is 0 Å². The Labute approximate surface area is 114 Å². The zero-order valence-electron chi connectivity index (χ0n) is 12.3. The molecule has 0 fully saturated rings. The third-order valence-corrected chi connectivity index (χ3v) is 3.80. The molecule has 0 aliphatic rings. The van der Waals surface area contributed by atoms with Crippen molar-refractivity contribution in [3.63, 3.8) is 0 Å². The summed E-state index contributed by atoms with van der Waals surface area (Å²) in [7, 11) is 3.30. The summed E-state index contributed by atoms with van der Waals surface area (Å²) in [6.45, 7) is 6.60. The van der Waals surface area contributed by atoms with Gasteiger partial charge in [-0.05, 0) is 30.0 Å². The highest BCUT2D eigenvalue weighted by atomic mass is 16.5. The molecule has 0 atom stereocenters. The largest absolute Gasteiger partial charge is 0.493 e. The number of hydrogen-bond donors (Lipinski definition) is 0. The van der Waals surface area contributed by atoms with Crippen molar-refractivity contribution < 1.29 is 9.47 Å². The summed E-state index contributed by atoms with van der Waals surface area (Å²) in [5.41, 5.74) is 1.19. The van der Waals surface area contributed by atoms with E-state index in [1.807, 2.05) is 18.3 Å². The van der Waals surface area contributed by atoms with Crippen LogP contribution in [-0.2, 0) is 5.41 Å². The van der Waals surface area contributed by atoms with Crippen molar-refractivity contribution in [1.82, 2.24) is 4.98 Å². The van der Waals surface area contributed by atoms with E-state index in [4.69, 9.17) is 9.47 Å². The zero-order chi connectivity index (χ0) is 14.0. The Morgan fingerprint density at radius 3 is 2.11 bits per heavy atom. The molecule has 0 aliphatic heterocycles. The molecule has 3 nitrogen and oxygen atoms in total. The van der Waals surface area contributed by atoms with Crippen molar-refractivity contribution in [2.24, 2.45) is 0 Å². The van der Waals surface area contributed by atoms with E-state index in [0.717, 1.165) is 34.4 Å². The molecule has 0 spiro atoms. The summed E-state index contributed by atoms with van der Waals surface area (Å²) >= 11 is 0. The third-order valence-electron chi connectivity index (χ3n) is 3.80. The van der Waals surface area contributed by atoms with Gasteiger partial charge in [-0.3, -0.25) is 4.98 Å². The average Bonchev–Trinajstić information content (AvgIpc) is 2.44. The first-order valence-electron chi connectivity index (χ1n) is 6.54. The van der Waals surface area contributed by atoms with Gasteiger partial charge in [-0.1, -0.05) is 20.8 Å². The first-order valence-corrected chi connectivity index (χ1v) is 6.54. The van der Waals surface area contributed by atoms with Crippen molar-refractivity contribution in [3.05, 3.63) is 30.1 Å². The Morgan fingerprint density at radius 1 is 1.00 bits per heavy atom. The van der Waals surface area contributed by atoms with Gasteiger partial charge < -0.3 is 9.47 Å². The lowest BCUT2D eigenvalue weighted by atomic mass is 9.85. The molecule has 1 aromatic carbocycles. The molecule has 0 aliphatic carbocycles. The van der Waals surface area contributed by atoms with Gasteiger partial charge in [0.25, 0.3) is 0 Å². The lowest BCUT2D eigenvalue weighted by Gasteiger charge is -2.22. The second-order valence-corrected chi connectivity index (χ2v) is 5.36. The highest BCUT2D eigenvalue weighted by molar-refractivity contribution is 5.85. The lowest BCUT2D eigenvalue weighted by Crippen LogP contribution is -2.17. The van der Waals surface area contributed by atoms with Gasteiger partial charge in [-0.2, -0.15) is 0 Å². The fourth-order valence-electron chi connectivity index (χ4n) is 2.02. The van der Waals surface area contributed by atoms with Crippen molar-refractivity contribution >= 4 is 10.8 Å². The normalized spacial score (nSPS) is 11.6. The van der Waals surface area contributed by atoms with Crippen LogP contribution in [0.1, 0.15) is 32.9 Å². The number of pyridine rings is 1. The summed E-state index contributed by atoms with van der Waals surface area (Å²) in [4.78, 5) is 4.58. The predicted molar refractivity (Wildman–Crippen MR) is 78.2 cm³/mol. The molecule has 0 unspecified atom stereocenters. The first-order chi connectivity index (χ1) is 9.01. The minimum atomic E-state index is 0.0847. The highest BCUT2D eigenvalue weighted by Gasteiger charge is 2.20. The molecule has 0 saturated carbocycles. The van der Waals surface area contributed by atoms with Gasteiger partial charge in [0.05, 0.1) is 14.2 Å². The second-order valence-electron chi connectivity index (χ2n) is 5.36. The summed E-state index contributed by atoms with van der Waals surface area (Å²) in [5, 5.41) is 2.19. The van der Waals surface area contributed by atoms with E-state index in [9.17, 15) is 0 Å². The van der Waals surface area contributed by atoms with Crippen LogP contribution in [0.15, 0.2) is 24.4 Å². The molecule has 1 aromatic heterocycles. The molecule has 19 heavy (non-hydrogen) atoms. The van der Waals surface area contributed by atoms with E-state index < -0.39 is 0 Å². The molecule has 2 aromatic rings. The molecule has 0 bridgehead atoms. The summed E-state index contributed by atoms with van der Waals surface area (Å²) in [6, 6.07) is 6.11. The number of methoxy groups -OCH3 is 2. The van der Waals surface area contributed by atoms with Gasteiger partial charge in [0, 0.05) is 22.7 Å². The first kappa shape index (κ1) is 13.7. The van der Waals surface area contributed by atoms with E-state index in [0.29, 0.717) is 0 Å². The van der Waals surface area contributed by atoms with E-state index in [1.165, 1.54) is 0 Å². The van der Waals surface area contributed by atoms with Crippen LogP contribution in [0.2, 0.25) is 0 Å². The van der Waals surface area contributed by atoms with Crippen LogP contribution < -0.4 is 9.47 Å². The van der Waals surface area contributed by atoms with Gasteiger partial charge in [0.2, 0.25) is 0 Å². The Morgan fingerprint density at radius 2 is 1.58 bits per heavy atom. The summed E-state index contributed by atoms with van der Waals surface area (Å²) in [6.07, 6.45) is 2.96. The van der Waals surface area contributed by atoms with Crippen LogP contribution in [0, 0.1) is 0 Å². The molecule has 102 valence electrons. The van der Waals surface area contributed by atoms with Crippen molar-refractivity contribution in [3.8, 4) is 11.5 Å². The molecule has 1 heterocycles. The molecular weight excluding hydrogens is 238 g/mol. The van der Waals surface area contributed by atoms with Crippen molar-refractivity contribution in [2.45, 2.75) is 32.6 Å². The molecule has 2 rings (SSSR count). The van der Waals surface area contributed by atoms with Crippen LogP contribution in [-0.4, -0.2) is 19.2 Å². The van der Waals surface area contributed by atoms with Crippen LogP contribution in [0.5, 0.6) is 11.5 Å². The minimum Gasteiger partial charge on any atom is -0.493 e. The lowest BCUT2D eigenvalue weighted by molar-refractivity contribution is 0.356. The standard InChI is InChI=1S/C16H21NO2/c1-6-16(2,3)15-9-11-7-13(18-4)14(19-5)8-12(11)10-17-15/h7-10H,6H2,1-5H3. The quantitative estimate of drug-likeness (QED) is 0.833. The molecular formula is C16H21NO2. The number of fused-ring (bicyclic) bond motifs is 1. The predicted octanol–water partition coefficient (Wildman–Crippen LogP) is 3.94. The van der Waals surface area contributed by atoms with Gasteiger partial charge in [0.1, 0.15) is 0 Å². The van der Waals surface area contributed by atoms with Gasteiger partial charge in [0.15, 0.2) is 11.5 Å². The topological polar surface area (TPSA) is 31.4 Å². The Balaban J connectivity index is 2.60. The van der Waals surface area contributed by atoms with E-state index in [1.54, 1.807) is 14.2 Å². The van der Waals surface area contributed by atoms with Crippen LogP contribution >= 0.6 is 0 Å². The Bertz CT molecular complexity index is 591. The fourth-order valence-corrected chi connectivity index (χ4v) is 2.02. The van der Waals surface area contributed by atoms with E-state index in [-0.39, 0.29) is 5.41 Å². The number of rotatable bonds is 4. The molecule has 3 heteroatoms. The fraction of sp³-hybridized carbons (Fsp3) is 0.438. The maximum absolute atomic E-state index is 5.35. The smallest absolute Gasteiger partial charge is 0.161 e. The number of ether oxygens (including phenoxy) is 2. The number of benzene rings is 1. The maximum atomic E-state index is 5.35. The third kappa shape index (κ3) is 2.50. The highest BCUT2D eigenvalue weighted by Crippen LogP contribution is 2.34. The molecule has 0 amide bonds. The van der Waals surface area contributed by atoms with Crippen LogP contribution in [0.25, 0.3) is 10.8 Å². The maximum Gasteiger partial charge on any atom is 0.161 e. The Hall–Kier alpha value is -1.77. The average molecular weight is 259 g/mol. The number of nitrogens with zero attached hydrogens (tertiary/aromatic N) is 1. The van der Waals surface area contributed by atoms with E-state index in [2.05, 4.69) is 31.8 Å². The van der Waals surface area contributed by atoms with Crippen molar-refractivity contribution in [2.75, 3.05) is 14.2 Å². The zero-order valence-corrected chi connectivity index (χ0v) is 12.3.